The second-order valence-corrected chi connectivity index (χ2v) is 8.07. The van der Waals surface area contributed by atoms with Crippen LogP contribution in [0.2, 0.25) is 0 Å². The number of ether oxygens (including phenoxy) is 1. The summed E-state index contributed by atoms with van der Waals surface area (Å²) in [6.07, 6.45) is 2.42. The van der Waals surface area contributed by atoms with Gasteiger partial charge in [-0.05, 0) is 52.7 Å². The Bertz CT molecular complexity index is 692. The third-order valence-corrected chi connectivity index (χ3v) is 4.84. The molecule has 1 aromatic heterocycles. The van der Waals surface area contributed by atoms with Gasteiger partial charge in [0.25, 0.3) is 5.88 Å². The minimum absolute atomic E-state index is 0.0341. The lowest BCUT2D eigenvalue weighted by atomic mass is 9.97. The highest BCUT2D eigenvalue weighted by Gasteiger charge is 2.44. The summed E-state index contributed by atoms with van der Waals surface area (Å²) >= 11 is 3.60. The van der Waals surface area contributed by atoms with Gasteiger partial charge in [-0.1, -0.05) is 13.3 Å². The van der Waals surface area contributed by atoms with E-state index in [9.17, 15) is 15.2 Å². The summed E-state index contributed by atoms with van der Waals surface area (Å²) < 4.78 is 19.1. The Morgan fingerprint density at radius 1 is 1.50 bits per heavy atom. The first-order valence-electron chi connectivity index (χ1n) is 10.4. The SMILES string of the molecule is [2H]B(P)S.[3H]OCCC[C@H]1C[C@H](CCC)[C@H](O)[C@@H]1Oc1nc(C)nc(C)c1[N+](=O)[O-]. The lowest BCUT2D eigenvalue weighted by Gasteiger charge is -2.23. The Kier molecular flexibility index (Phi) is 9.77. The Hall–Kier alpha value is -0.955. The zero-order valence-electron chi connectivity index (χ0n) is 18.6. The van der Waals surface area contributed by atoms with E-state index in [2.05, 4.69) is 43.6 Å². The monoisotopic (exact) mass is 434 g/mol. The Morgan fingerprint density at radius 3 is 2.75 bits per heavy atom. The van der Waals surface area contributed by atoms with Crippen molar-refractivity contribution < 1.29 is 19.9 Å². The number of aryl methyl sites for hydroxylation is 2. The summed E-state index contributed by atoms with van der Waals surface area (Å²) in [4.78, 5) is 19.0. The fourth-order valence-electron chi connectivity index (χ4n) is 3.76. The summed E-state index contributed by atoms with van der Waals surface area (Å²) in [6, 6.07) is 0. The van der Waals surface area contributed by atoms with Crippen LogP contribution in [-0.4, -0.2) is 52.9 Å². The standard InChI is InChI=1S/C17H27N3O5.BH4PS/c1-4-6-12-9-13(7-5-8-21)16(15(12)22)25-17-14(20(23)24)10(2)18-11(3)19-17;2-1-3/h12-13,15-16,21-22H,4-9H2,1-3H3;1,3H,2H2/t12-,13-,15-,16+;/m0./s1/i21T;1D. The van der Waals surface area contributed by atoms with Crippen LogP contribution in [0, 0.1) is 35.8 Å². The zero-order chi connectivity index (χ0) is 22.8. The van der Waals surface area contributed by atoms with Crippen LogP contribution in [0.1, 0.15) is 50.5 Å². The number of aromatic nitrogens is 2. The predicted molar refractivity (Wildman–Crippen MR) is 117 cm³/mol. The molecule has 8 nitrogen and oxygen atoms in total. The van der Waals surface area contributed by atoms with E-state index >= 15 is 0 Å². The third-order valence-electron chi connectivity index (χ3n) is 4.84. The lowest BCUT2D eigenvalue weighted by molar-refractivity contribution is -0.387. The van der Waals surface area contributed by atoms with Gasteiger partial charge < -0.3 is 15.0 Å². The molecule has 158 valence electrons. The molecule has 2 N–H and O–H groups in total. The van der Waals surface area contributed by atoms with Crippen LogP contribution >= 0.6 is 21.6 Å². The van der Waals surface area contributed by atoms with Gasteiger partial charge in [0, 0.05) is 6.61 Å². The van der Waals surface area contributed by atoms with Crippen molar-refractivity contribution in [2.45, 2.75) is 65.1 Å². The van der Waals surface area contributed by atoms with Gasteiger partial charge >= 0.3 is 5.69 Å². The summed E-state index contributed by atoms with van der Waals surface area (Å²) in [5, 5.41) is 26.5. The number of hydrogen-bond donors (Lipinski definition) is 3. The van der Waals surface area contributed by atoms with E-state index in [4.69, 9.17) is 7.50 Å². The highest BCUT2D eigenvalue weighted by atomic mass is 32.1. The second kappa shape index (κ2) is 12.6. The molecule has 0 aliphatic heterocycles. The zero-order valence-corrected chi connectivity index (χ0v) is 18.6. The second-order valence-electron chi connectivity index (χ2n) is 6.88. The predicted octanol–water partition coefficient (Wildman–Crippen LogP) is 2.38. The number of nitro groups is 1. The molecule has 2 rings (SSSR count). The highest BCUT2D eigenvalue weighted by Crippen LogP contribution is 2.40. The van der Waals surface area contributed by atoms with Crippen molar-refractivity contribution in [2.24, 2.45) is 11.8 Å². The molecule has 0 saturated heterocycles. The Balaban J connectivity index is 0.00000103. The van der Waals surface area contributed by atoms with Crippen LogP contribution in [0.3, 0.4) is 0 Å². The quantitative estimate of drug-likeness (QED) is 0.136. The van der Waals surface area contributed by atoms with Crippen LogP contribution in [0.4, 0.5) is 5.69 Å². The van der Waals surface area contributed by atoms with E-state index in [1.807, 2.05) is 0 Å². The van der Waals surface area contributed by atoms with Crippen molar-refractivity contribution in [3.63, 3.8) is 0 Å². The van der Waals surface area contributed by atoms with Crippen molar-refractivity contribution in [1.29, 1.82) is 2.77 Å². The molecular formula is C17H31BN3O5PS. The first kappa shape index (κ1) is 21.7. The lowest BCUT2D eigenvalue weighted by Crippen LogP contribution is -2.34. The van der Waals surface area contributed by atoms with Crippen molar-refractivity contribution >= 4 is 33.5 Å². The molecule has 1 heterocycles. The van der Waals surface area contributed by atoms with Gasteiger partial charge in [0.15, 0.2) is 0 Å². The summed E-state index contributed by atoms with van der Waals surface area (Å²) in [5.41, 5.74) is -0.00997. The molecule has 0 radical (unpaired) electrons. The van der Waals surface area contributed by atoms with E-state index in [-0.39, 0.29) is 35.3 Å². The first-order chi connectivity index (χ1) is 14.1. The average molecular weight is 434 g/mol. The molecule has 1 aromatic rings. The Morgan fingerprint density at radius 2 is 2.18 bits per heavy atom. The van der Waals surface area contributed by atoms with Gasteiger partial charge in [-0.3, -0.25) is 10.1 Å². The van der Waals surface area contributed by atoms with Crippen molar-refractivity contribution in [3.05, 3.63) is 21.6 Å². The van der Waals surface area contributed by atoms with Crippen LogP contribution in [0.25, 0.3) is 0 Å². The molecule has 1 aliphatic rings. The van der Waals surface area contributed by atoms with E-state index in [0.717, 1.165) is 25.7 Å². The fourth-order valence-corrected chi connectivity index (χ4v) is 3.76. The molecule has 1 saturated carbocycles. The van der Waals surface area contributed by atoms with Crippen molar-refractivity contribution in [2.75, 3.05) is 6.61 Å². The minimum Gasteiger partial charge on any atom is -0.466 e. The Labute approximate surface area is 177 Å². The molecule has 5 atom stereocenters. The van der Waals surface area contributed by atoms with E-state index < -0.39 is 17.1 Å². The van der Waals surface area contributed by atoms with Gasteiger partial charge in [0.1, 0.15) is 17.6 Å². The highest BCUT2D eigenvalue weighted by molar-refractivity contribution is 8.20. The molecule has 0 amide bonds. The summed E-state index contributed by atoms with van der Waals surface area (Å²) in [7, 11) is 2.19. The maximum absolute atomic E-state index is 11.4. The van der Waals surface area contributed by atoms with Crippen LogP contribution in [-0.2, 0) is 0 Å². The van der Waals surface area contributed by atoms with Gasteiger partial charge in [0.2, 0.25) is 7.67 Å². The van der Waals surface area contributed by atoms with Crippen LogP contribution in [0.5, 0.6) is 5.88 Å². The number of aliphatic hydroxyl groups excluding tert-OH is 2. The maximum Gasteiger partial charge on any atom is 0.351 e. The minimum atomic E-state index is -0.702. The van der Waals surface area contributed by atoms with Gasteiger partial charge in [0.05, 0.1) is 11.0 Å². The molecule has 28 heavy (non-hydrogen) atoms. The van der Waals surface area contributed by atoms with E-state index in [1.54, 1.807) is 13.8 Å². The topological polar surface area (TPSA) is 119 Å². The smallest absolute Gasteiger partial charge is 0.351 e. The molecule has 1 unspecified atom stereocenters. The number of rotatable bonds is 9. The van der Waals surface area contributed by atoms with E-state index in [1.165, 1.54) is 0 Å². The van der Waals surface area contributed by atoms with Crippen molar-refractivity contribution in [3.8, 4) is 5.88 Å². The van der Waals surface area contributed by atoms with Crippen LogP contribution in [0.15, 0.2) is 0 Å². The van der Waals surface area contributed by atoms with Gasteiger partial charge in [-0.25, -0.2) is 17.5 Å². The number of hydrogen-bond acceptors (Lipinski definition) is 8. The maximum atomic E-state index is 11.4. The summed E-state index contributed by atoms with van der Waals surface area (Å²) in [5.74, 6) is 0.435. The normalized spacial score (nSPS) is 24.6. The third kappa shape index (κ3) is 6.83. The molecule has 1 aliphatic carbocycles. The number of nitrogens with zero attached hydrogens (tertiary/aromatic N) is 3. The molecular weight excluding hydrogens is 400 g/mol. The molecule has 1 fully saturated rings. The molecule has 0 aromatic carbocycles. The molecule has 11 heteroatoms. The van der Waals surface area contributed by atoms with Gasteiger partial charge in [-0.2, -0.15) is 14.1 Å². The van der Waals surface area contributed by atoms with Crippen LogP contribution < -0.4 is 4.74 Å². The van der Waals surface area contributed by atoms with Crippen molar-refractivity contribution in [1.82, 2.24) is 9.97 Å². The average Bonchev–Trinajstić information content (AvgIpc) is 2.90. The molecule has 0 spiro atoms. The van der Waals surface area contributed by atoms with Gasteiger partial charge in [-0.15, -0.1) is 0 Å². The van der Waals surface area contributed by atoms with E-state index in [0.29, 0.717) is 18.9 Å². The summed E-state index contributed by atoms with van der Waals surface area (Å²) in [6.45, 7) is 5.57. The fraction of sp³-hybridized carbons (Fsp3) is 0.765. The molecule has 0 bridgehead atoms. The number of aliphatic hydroxyl groups is 2. The first-order valence-corrected chi connectivity index (χ1v) is 10.6. The number of thiol groups is 1. The largest absolute Gasteiger partial charge is 0.466 e.